The van der Waals surface area contributed by atoms with Crippen LogP contribution in [0.2, 0.25) is 0 Å². The van der Waals surface area contributed by atoms with Crippen molar-refractivity contribution in [3.05, 3.63) is 192 Å². The number of aryl methyl sites for hydroxylation is 1. The summed E-state index contributed by atoms with van der Waals surface area (Å²) in [6.07, 6.45) is 0. The van der Waals surface area contributed by atoms with Gasteiger partial charge in [-0.25, -0.2) is 0 Å². The van der Waals surface area contributed by atoms with Gasteiger partial charge in [-0.15, -0.1) is 0 Å². The van der Waals surface area contributed by atoms with Gasteiger partial charge in [-0.05, 0) is 101 Å². The first kappa shape index (κ1) is 25.1. The van der Waals surface area contributed by atoms with Crippen molar-refractivity contribution in [2.24, 2.45) is 0 Å². The Bertz CT molecular complexity index is 2340. The van der Waals surface area contributed by atoms with Gasteiger partial charge in [0.2, 0.25) is 0 Å². The molecule has 0 unspecified atom stereocenters. The molecule has 0 radical (unpaired) electrons. The maximum Gasteiger partial charge on any atom is 0.0713 e. The van der Waals surface area contributed by atoms with Gasteiger partial charge >= 0.3 is 0 Å². The van der Waals surface area contributed by atoms with E-state index in [9.17, 15) is 0 Å². The second-order valence-corrected chi connectivity index (χ2v) is 12.1. The van der Waals surface area contributed by atoms with Crippen molar-refractivity contribution < 1.29 is 0 Å². The van der Waals surface area contributed by atoms with Crippen molar-refractivity contribution in [1.82, 2.24) is 0 Å². The molecule has 0 aliphatic heterocycles. The van der Waals surface area contributed by atoms with Crippen molar-refractivity contribution in [2.75, 3.05) is 0 Å². The quantitative estimate of drug-likeness (QED) is 0.189. The Balaban J connectivity index is 1.35. The van der Waals surface area contributed by atoms with Crippen LogP contribution < -0.4 is 0 Å². The second kappa shape index (κ2) is 9.53. The molecule has 0 N–H and O–H groups in total. The van der Waals surface area contributed by atoms with Crippen LogP contribution in [0.4, 0.5) is 0 Å². The molecule has 0 heterocycles. The highest BCUT2D eigenvalue weighted by Gasteiger charge is 2.46. The van der Waals surface area contributed by atoms with Gasteiger partial charge in [0.25, 0.3) is 0 Å². The molecule has 9 rings (SSSR count). The lowest BCUT2D eigenvalue weighted by Crippen LogP contribution is -2.28. The molecule has 0 aromatic heterocycles. The number of benzene rings is 8. The molecule has 0 fully saturated rings. The predicted molar refractivity (Wildman–Crippen MR) is 186 cm³/mol. The second-order valence-electron chi connectivity index (χ2n) is 12.1. The third-order valence-electron chi connectivity index (χ3n) is 9.86. The van der Waals surface area contributed by atoms with Gasteiger partial charge in [0.05, 0.1) is 5.41 Å². The van der Waals surface area contributed by atoms with Gasteiger partial charge in [-0.1, -0.05) is 152 Å². The molecule has 0 nitrogen and oxygen atoms in total. The predicted octanol–water partition coefficient (Wildman–Crippen LogP) is 11.5. The van der Waals surface area contributed by atoms with Gasteiger partial charge in [0.1, 0.15) is 0 Å². The highest BCUT2D eigenvalue weighted by Crippen LogP contribution is 2.56. The third kappa shape index (κ3) is 3.40. The first-order chi connectivity index (χ1) is 21.7. The first-order valence-electron chi connectivity index (χ1n) is 15.4. The topological polar surface area (TPSA) is 0 Å². The van der Waals surface area contributed by atoms with Crippen LogP contribution in [-0.4, -0.2) is 0 Å². The van der Waals surface area contributed by atoms with Crippen LogP contribution >= 0.6 is 0 Å². The zero-order valence-corrected chi connectivity index (χ0v) is 24.6. The van der Waals surface area contributed by atoms with Crippen molar-refractivity contribution in [2.45, 2.75) is 12.3 Å². The lowest BCUT2D eigenvalue weighted by Gasteiger charge is -2.34. The molecular formula is C44H30. The van der Waals surface area contributed by atoms with Crippen LogP contribution in [0.15, 0.2) is 164 Å². The Morgan fingerprint density at radius 2 is 0.909 bits per heavy atom. The lowest BCUT2D eigenvalue weighted by molar-refractivity contribution is 0.769. The van der Waals surface area contributed by atoms with E-state index in [0.29, 0.717) is 0 Å². The summed E-state index contributed by atoms with van der Waals surface area (Å²) in [5.41, 5.74) is 11.3. The summed E-state index contributed by atoms with van der Waals surface area (Å²) in [7, 11) is 0. The molecule has 0 atom stereocenters. The van der Waals surface area contributed by atoms with Crippen LogP contribution in [-0.2, 0) is 5.41 Å². The molecule has 8 aromatic carbocycles. The fourth-order valence-corrected chi connectivity index (χ4v) is 7.99. The molecule has 0 bridgehead atoms. The smallest absolute Gasteiger partial charge is 0.0622 e. The average Bonchev–Trinajstić information content (AvgIpc) is 3.39. The van der Waals surface area contributed by atoms with E-state index in [1.165, 1.54) is 82.4 Å². The standard InChI is InChI=1S/C44H30/c1-29-13-12-21-39-35-19-9-8-18-34(35)36-25-23-30(27-40(36)43(29)39)31-24-26-38-37-20-10-11-22-41(37)44(42(38)28-31,32-14-4-2-5-15-32)33-16-6-3-7-17-33/h2-28H,1H3. The SMILES string of the molecule is Cc1cccc2c3ccccc3c3ccc(-c4ccc5c(c4)C(c4ccccc4)(c4ccccc4)c4ccccc4-5)cc3c12. The Hall–Kier alpha value is -5.46. The molecule has 0 saturated carbocycles. The minimum atomic E-state index is -0.402. The van der Waals surface area contributed by atoms with Crippen LogP contribution in [0, 0.1) is 6.92 Å². The zero-order valence-electron chi connectivity index (χ0n) is 24.6. The van der Waals surface area contributed by atoms with E-state index in [-0.39, 0.29) is 0 Å². The fourth-order valence-electron chi connectivity index (χ4n) is 7.99. The molecule has 206 valence electrons. The van der Waals surface area contributed by atoms with E-state index in [1.54, 1.807) is 0 Å². The van der Waals surface area contributed by atoms with Gasteiger partial charge in [-0.2, -0.15) is 0 Å². The molecule has 8 aromatic rings. The first-order valence-corrected chi connectivity index (χ1v) is 15.4. The third-order valence-corrected chi connectivity index (χ3v) is 9.86. The molecule has 0 spiro atoms. The summed E-state index contributed by atoms with van der Waals surface area (Å²) in [5.74, 6) is 0. The number of hydrogen-bond donors (Lipinski definition) is 0. The summed E-state index contributed by atoms with van der Waals surface area (Å²) in [6.45, 7) is 2.24. The molecule has 1 aliphatic rings. The van der Waals surface area contributed by atoms with Crippen molar-refractivity contribution in [3.8, 4) is 22.3 Å². The van der Waals surface area contributed by atoms with Crippen LogP contribution in [0.25, 0.3) is 54.6 Å². The number of rotatable bonds is 3. The Labute approximate surface area is 257 Å². The molecular weight excluding hydrogens is 528 g/mol. The molecule has 0 saturated heterocycles. The monoisotopic (exact) mass is 558 g/mol. The summed E-state index contributed by atoms with van der Waals surface area (Å²) < 4.78 is 0. The largest absolute Gasteiger partial charge is 0.0713 e. The van der Waals surface area contributed by atoms with E-state index in [2.05, 4.69) is 171 Å². The maximum atomic E-state index is 2.46. The summed E-state index contributed by atoms with van der Waals surface area (Å²) in [4.78, 5) is 0. The van der Waals surface area contributed by atoms with E-state index >= 15 is 0 Å². The molecule has 0 amide bonds. The minimum Gasteiger partial charge on any atom is -0.0622 e. The number of fused-ring (bicyclic) bond motifs is 9. The fraction of sp³-hybridized carbons (Fsp3) is 0.0455. The van der Waals surface area contributed by atoms with Crippen molar-refractivity contribution in [3.63, 3.8) is 0 Å². The van der Waals surface area contributed by atoms with Gasteiger partial charge in [0, 0.05) is 0 Å². The van der Waals surface area contributed by atoms with Crippen LogP contribution in [0.1, 0.15) is 27.8 Å². The molecule has 44 heavy (non-hydrogen) atoms. The Morgan fingerprint density at radius 3 is 1.66 bits per heavy atom. The van der Waals surface area contributed by atoms with Crippen LogP contribution in [0.5, 0.6) is 0 Å². The van der Waals surface area contributed by atoms with E-state index in [0.717, 1.165) is 0 Å². The highest BCUT2D eigenvalue weighted by molar-refractivity contribution is 6.26. The van der Waals surface area contributed by atoms with Crippen LogP contribution in [0.3, 0.4) is 0 Å². The number of hydrogen-bond acceptors (Lipinski definition) is 0. The average molecular weight is 559 g/mol. The molecule has 1 aliphatic carbocycles. The van der Waals surface area contributed by atoms with E-state index in [4.69, 9.17) is 0 Å². The minimum absolute atomic E-state index is 0.402. The Morgan fingerprint density at radius 1 is 0.364 bits per heavy atom. The van der Waals surface area contributed by atoms with Gasteiger partial charge < -0.3 is 0 Å². The van der Waals surface area contributed by atoms with E-state index < -0.39 is 5.41 Å². The summed E-state index contributed by atoms with van der Waals surface area (Å²) in [5, 5.41) is 7.92. The normalized spacial score (nSPS) is 13.3. The van der Waals surface area contributed by atoms with Gasteiger partial charge in [-0.3, -0.25) is 0 Å². The Kier molecular flexibility index (Phi) is 5.43. The summed E-state index contributed by atoms with van der Waals surface area (Å²) in [6, 6.07) is 60.8. The van der Waals surface area contributed by atoms with Crippen molar-refractivity contribution in [1.29, 1.82) is 0 Å². The van der Waals surface area contributed by atoms with Gasteiger partial charge in [0.15, 0.2) is 0 Å². The zero-order chi connectivity index (χ0) is 29.3. The maximum absolute atomic E-state index is 2.46. The molecule has 0 heteroatoms. The van der Waals surface area contributed by atoms with E-state index in [1.807, 2.05) is 0 Å². The van der Waals surface area contributed by atoms with Crippen molar-refractivity contribution >= 4 is 32.3 Å². The lowest BCUT2D eigenvalue weighted by atomic mass is 9.67. The highest BCUT2D eigenvalue weighted by atomic mass is 14.5. The summed E-state index contributed by atoms with van der Waals surface area (Å²) >= 11 is 0.